The van der Waals surface area contributed by atoms with E-state index in [1.165, 1.54) is 6.07 Å². The molecule has 4 heteroatoms. The third-order valence-electron chi connectivity index (χ3n) is 1.66. The second kappa shape index (κ2) is 5.13. The summed E-state index contributed by atoms with van der Waals surface area (Å²) in [5.41, 5.74) is -0.285. The van der Waals surface area contributed by atoms with Crippen molar-refractivity contribution in [1.29, 1.82) is 0 Å². The Morgan fingerprint density at radius 2 is 2.00 bits per heavy atom. The highest BCUT2D eigenvalue weighted by Crippen LogP contribution is 2.29. The molecule has 0 bridgehead atoms. The number of hydrogen-bond acceptors (Lipinski definition) is 1. The Kier molecular flexibility index (Phi) is 4.10. The summed E-state index contributed by atoms with van der Waals surface area (Å²) in [6.45, 7) is 0. The number of halogens is 3. The molecule has 0 saturated heterocycles. The van der Waals surface area contributed by atoms with E-state index in [9.17, 15) is 13.2 Å². The molecule has 0 unspecified atom stereocenters. The molecule has 1 aromatic carbocycles. The van der Waals surface area contributed by atoms with E-state index in [1.807, 2.05) is 0 Å². The van der Waals surface area contributed by atoms with E-state index in [0.29, 0.717) is 17.7 Å². The molecule has 0 spiro atoms. The lowest BCUT2D eigenvalue weighted by Gasteiger charge is -2.05. The van der Waals surface area contributed by atoms with Crippen molar-refractivity contribution in [1.82, 2.24) is 0 Å². The molecule has 0 amide bonds. The zero-order chi connectivity index (χ0) is 11.3. The number of alkyl halides is 3. The minimum absolute atomic E-state index is 0.381. The summed E-state index contributed by atoms with van der Waals surface area (Å²) < 4.78 is 36.9. The van der Waals surface area contributed by atoms with Gasteiger partial charge in [0.1, 0.15) is 0 Å². The number of thiol groups is 1. The van der Waals surface area contributed by atoms with Crippen LogP contribution in [0, 0.1) is 11.8 Å². The Labute approximate surface area is 91.9 Å². The van der Waals surface area contributed by atoms with Crippen molar-refractivity contribution in [3.8, 4) is 11.8 Å². The van der Waals surface area contributed by atoms with Crippen molar-refractivity contribution >= 4 is 12.6 Å². The smallest absolute Gasteiger partial charge is 0.178 e. The van der Waals surface area contributed by atoms with Gasteiger partial charge in [-0.05, 0) is 18.2 Å². The topological polar surface area (TPSA) is 0 Å². The Balaban J connectivity index is 2.90. The fourth-order valence-corrected chi connectivity index (χ4v) is 1.11. The zero-order valence-electron chi connectivity index (χ0n) is 7.80. The van der Waals surface area contributed by atoms with E-state index in [2.05, 4.69) is 24.5 Å². The van der Waals surface area contributed by atoms with Crippen molar-refractivity contribution in [2.75, 3.05) is 5.75 Å². The summed E-state index contributed by atoms with van der Waals surface area (Å²) in [5, 5.41) is 0. The van der Waals surface area contributed by atoms with Crippen molar-refractivity contribution in [3.63, 3.8) is 0 Å². The molecule has 0 aromatic heterocycles. The first-order chi connectivity index (χ1) is 7.04. The summed E-state index contributed by atoms with van der Waals surface area (Å²) in [6, 6.07) is 4.99. The zero-order valence-corrected chi connectivity index (χ0v) is 8.70. The first-order valence-electron chi connectivity index (χ1n) is 4.31. The highest BCUT2D eigenvalue weighted by molar-refractivity contribution is 7.80. The van der Waals surface area contributed by atoms with Gasteiger partial charge in [-0.25, -0.2) is 0 Å². The SMILES string of the molecule is FC(F)(F)c1cccc(C#CCCS)c1. The van der Waals surface area contributed by atoms with Crippen LogP contribution in [0.1, 0.15) is 17.5 Å². The van der Waals surface area contributed by atoms with Crippen molar-refractivity contribution in [2.24, 2.45) is 0 Å². The van der Waals surface area contributed by atoms with Crippen molar-refractivity contribution < 1.29 is 13.2 Å². The van der Waals surface area contributed by atoms with Gasteiger partial charge in [0, 0.05) is 17.7 Å². The highest BCUT2D eigenvalue weighted by Gasteiger charge is 2.30. The molecule has 0 heterocycles. The maximum atomic E-state index is 12.3. The van der Waals surface area contributed by atoms with Crippen LogP contribution in [0.5, 0.6) is 0 Å². The lowest BCUT2D eigenvalue weighted by Crippen LogP contribution is -2.04. The molecule has 0 fully saturated rings. The molecule has 0 N–H and O–H groups in total. The van der Waals surface area contributed by atoms with Crippen LogP contribution >= 0.6 is 12.6 Å². The average molecular weight is 230 g/mol. The average Bonchev–Trinajstić information content (AvgIpc) is 2.17. The van der Waals surface area contributed by atoms with Gasteiger partial charge in [0.05, 0.1) is 5.56 Å². The van der Waals surface area contributed by atoms with Gasteiger partial charge in [-0.1, -0.05) is 17.9 Å². The van der Waals surface area contributed by atoms with Crippen LogP contribution in [-0.4, -0.2) is 5.75 Å². The van der Waals surface area contributed by atoms with Gasteiger partial charge in [-0.2, -0.15) is 25.8 Å². The van der Waals surface area contributed by atoms with E-state index >= 15 is 0 Å². The summed E-state index contributed by atoms with van der Waals surface area (Å²) in [4.78, 5) is 0. The van der Waals surface area contributed by atoms with Crippen LogP contribution in [0.25, 0.3) is 0 Å². The minimum Gasteiger partial charge on any atom is -0.178 e. The predicted molar refractivity (Wildman–Crippen MR) is 56.8 cm³/mol. The van der Waals surface area contributed by atoms with E-state index in [0.717, 1.165) is 12.1 Å². The molecule has 15 heavy (non-hydrogen) atoms. The van der Waals surface area contributed by atoms with Gasteiger partial charge in [0.2, 0.25) is 0 Å². The maximum Gasteiger partial charge on any atom is 0.416 e. The quantitative estimate of drug-likeness (QED) is 0.555. The normalized spacial score (nSPS) is 10.7. The third-order valence-corrected chi connectivity index (χ3v) is 1.88. The summed E-state index contributed by atoms with van der Waals surface area (Å²) in [6.07, 6.45) is -3.74. The molecule has 0 saturated carbocycles. The van der Waals surface area contributed by atoms with Crippen LogP contribution in [-0.2, 0) is 6.18 Å². The van der Waals surface area contributed by atoms with Gasteiger partial charge < -0.3 is 0 Å². The van der Waals surface area contributed by atoms with Crippen LogP contribution in [0.3, 0.4) is 0 Å². The molecule has 0 aliphatic heterocycles. The van der Waals surface area contributed by atoms with Crippen LogP contribution in [0.15, 0.2) is 24.3 Å². The molecule has 0 nitrogen and oxygen atoms in total. The first kappa shape index (κ1) is 12.0. The molecule has 1 aromatic rings. The molecule has 0 aliphatic rings. The molecule has 0 radical (unpaired) electrons. The Bertz CT molecular complexity index is 385. The van der Waals surface area contributed by atoms with E-state index in [1.54, 1.807) is 6.07 Å². The Morgan fingerprint density at radius 1 is 1.27 bits per heavy atom. The summed E-state index contributed by atoms with van der Waals surface area (Å²) in [7, 11) is 0. The summed E-state index contributed by atoms with van der Waals surface area (Å²) in [5.74, 6) is 6.00. The van der Waals surface area contributed by atoms with Crippen LogP contribution < -0.4 is 0 Å². The summed E-state index contributed by atoms with van der Waals surface area (Å²) >= 11 is 3.95. The molecule has 1 rings (SSSR count). The second-order valence-corrected chi connectivity index (χ2v) is 3.30. The molecular formula is C11H9F3S. The monoisotopic (exact) mass is 230 g/mol. The first-order valence-corrected chi connectivity index (χ1v) is 4.94. The molecular weight excluding hydrogens is 221 g/mol. The molecule has 0 atom stereocenters. The number of rotatable bonds is 1. The lowest BCUT2D eigenvalue weighted by atomic mass is 10.1. The Morgan fingerprint density at radius 3 is 2.60 bits per heavy atom. The number of benzene rings is 1. The van der Waals surface area contributed by atoms with Crippen LogP contribution in [0.2, 0.25) is 0 Å². The van der Waals surface area contributed by atoms with Gasteiger partial charge in [0.15, 0.2) is 0 Å². The Hall–Kier alpha value is -1.08. The predicted octanol–water partition coefficient (Wildman–Crippen LogP) is 3.38. The van der Waals surface area contributed by atoms with E-state index in [-0.39, 0.29) is 0 Å². The van der Waals surface area contributed by atoms with Gasteiger partial charge in [-0.3, -0.25) is 0 Å². The van der Waals surface area contributed by atoms with Crippen molar-refractivity contribution in [2.45, 2.75) is 12.6 Å². The molecule has 80 valence electrons. The molecule has 0 aliphatic carbocycles. The minimum atomic E-state index is -4.30. The van der Waals surface area contributed by atoms with Crippen molar-refractivity contribution in [3.05, 3.63) is 35.4 Å². The van der Waals surface area contributed by atoms with Gasteiger partial charge >= 0.3 is 6.18 Å². The maximum absolute atomic E-state index is 12.3. The lowest BCUT2D eigenvalue weighted by molar-refractivity contribution is -0.137. The van der Waals surface area contributed by atoms with Gasteiger partial charge in [-0.15, -0.1) is 0 Å². The fraction of sp³-hybridized carbons (Fsp3) is 0.273. The van der Waals surface area contributed by atoms with Crippen LogP contribution in [0.4, 0.5) is 13.2 Å². The largest absolute Gasteiger partial charge is 0.416 e. The van der Waals surface area contributed by atoms with E-state index in [4.69, 9.17) is 0 Å². The standard InChI is InChI=1S/C11H9F3S/c12-11(13,14)10-6-3-5-9(8-10)4-1-2-7-15/h3,5-6,8,15H,2,7H2. The van der Waals surface area contributed by atoms with Gasteiger partial charge in [0.25, 0.3) is 0 Å². The fourth-order valence-electron chi connectivity index (χ4n) is 0.994. The second-order valence-electron chi connectivity index (χ2n) is 2.85. The third kappa shape index (κ3) is 3.88. The highest BCUT2D eigenvalue weighted by atomic mass is 32.1. The number of hydrogen-bond donors (Lipinski definition) is 1. The van der Waals surface area contributed by atoms with E-state index < -0.39 is 11.7 Å².